The Balaban J connectivity index is 0. The van der Waals surface area contributed by atoms with Gasteiger partial charge in [-0.15, -0.1) is 12.4 Å². The topological polar surface area (TPSA) is 64.6 Å². The minimum atomic E-state index is -0.0959. The van der Waals surface area contributed by atoms with Crippen LogP contribution in [0.4, 0.5) is 0 Å². The molecule has 0 fully saturated rings. The second-order valence-electron chi connectivity index (χ2n) is 13.6. The van der Waals surface area contributed by atoms with Gasteiger partial charge < -0.3 is 14.8 Å². The molecule has 0 saturated heterocycles. The summed E-state index contributed by atoms with van der Waals surface area (Å²) in [6.07, 6.45) is 40.9. The molecular weight excluding hydrogens is 594 g/mol. The van der Waals surface area contributed by atoms with Gasteiger partial charge in [0.25, 0.3) is 0 Å². The van der Waals surface area contributed by atoms with Gasteiger partial charge in [-0.3, -0.25) is 9.59 Å². The lowest BCUT2D eigenvalue weighted by atomic mass is 10.0. The Hall–Kier alpha value is -0.810. The summed E-state index contributed by atoms with van der Waals surface area (Å²) in [5.41, 5.74) is 0. The molecule has 0 aromatic rings. The van der Waals surface area contributed by atoms with Crippen LogP contribution in [0.25, 0.3) is 0 Å². The van der Waals surface area contributed by atoms with Gasteiger partial charge in [-0.05, 0) is 12.8 Å². The van der Waals surface area contributed by atoms with Crippen molar-refractivity contribution in [2.45, 2.75) is 219 Å². The standard InChI is InChI=1S/C40H79NO4.ClH/c1-3-5-7-9-11-13-15-17-19-21-23-25-27-29-31-33-39(42)44-37-35-41-36-38-45-40(43)34-32-30-28-26-24-22-20-18-16-14-12-10-8-6-4-2;/h41H,3-38H2,1-2H3;1H. The Morgan fingerprint density at radius 1 is 0.370 bits per heavy atom. The van der Waals surface area contributed by atoms with E-state index in [0.29, 0.717) is 39.1 Å². The Morgan fingerprint density at radius 3 is 0.826 bits per heavy atom. The molecule has 276 valence electrons. The maximum absolute atomic E-state index is 11.9. The van der Waals surface area contributed by atoms with E-state index in [0.717, 1.165) is 25.7 Å². The molecule has 5 nitrogen and oxygen atoms in total. The third-order valence-electron chi connectivity index (χ3n) is 9.05. The Bertz CT molecular complexity index is 554. The first kappa shape index (κ1) is 47.3. The minimum absolute atomic E-state index is 0. The number of esters is 2. The molecule has 0 saturated carbocycles. The molecule has 0 rings (SSSR count). The maximum Gasteiger partial charge on any atom is 0.305 e. The lowest BCUT2D eigenvalue weighted by Gasteiger charge is -2.08. The summed E-state index contributed by atoms with van der Waals surface area (Å²) in [6, 6.07) is 0. The van der Waals surface area contributed by atoms with E-state index in [4.69, 9.17) is 9.47 Å². The van der Waals surface area contributed by atoms with Crippen molar-refractivity contribution < 1.29 is 19.1 Å². The highest BCUT2D eigenvalue weighted by molar-refractivity contribution is 5.85. The maximum atomic E-state index is 11.9. The van der Waals surface area contributed by atoms with Gasteiger partial charge in [-0.1, -0.05) is 194 Å². The van der Waals surface area contributed by atoms with Gasteiger partial charge >= 0.3 is 11.9 Å². The molecule has 0 aromatic carbocycles. The normalized spacial score (nSPS) is 11.0. The van der Waals surface area contributed by atoms with Crippen LogP contribution in [0.2, 0.25) is 0 Å². The monoisotopic (exact) mass is 674 g/mol. The van der Waals surface area contributed by atoms with Gasteiger partial charge in [0.15, 0.2) is 0 Å². The minimum Gasteiger partial charge on any atom is -0.464 e. The number of rotatable bonds is 38. The molecule has 0 amide bonds. The van der Waals surface area contributed by atoms with E-state index >= 15 is 0 Å². The summed E-state index contributed by atoms with van der Waals surface area (Å²) < 4.78 is 10.6. The van der Waals surface area contributed by atoms with Gasteiger partial charge in [0.05, 0.1) is 0 Å². The van der Waals surface area contributed by atoms with Crippen molar-refractivity contribution in [2.75, 3.05) is 26.3 Å². The van der Waals surface area contributed by atoms with Crippen LogP contribution in [0.5, 0.6) is 0 Å². The fraction of sp³-hybridized carbons (Fsp3) is 0.950. The second-order valence-corrected chi connectivity index (χ2v) is 13.6. The molecule has 0 bridgehead atoms. The first-order valence-corrected chi connectivity index (χ1v) is 20.2. The molecule has 0 atom stereocenters. The third-order valence-corrected chi connectivity index (χ3v) is 9.05. The molecule has 6 heteroatoms. The highest BCUT2D eigenvalue weighted by atomic mass is 35.5. The van der Waals surface area contributed by atoms with Crippen LogP contribution >= 0.6 is 12.4 Å². The highest BCUT2D eigenvalue weighted by Gasteiger charge is 2.04. The first-order valence-electron chi connectivity index (χ1n) is 20.2. The predicted octanol–water partition coefficient (Wildman–Crippen LogP) is 12.6. The average Bonchev–Trinajstić information content (AvgIpc) is 3.04. The molecular formula is C40H80ClNO4. The first-order chi connectivity index (χ1) is 22.2. The number of unbranched alkanes of at least 4 members (excludes halogenated alkanes) is 28. The van der Waals surface area contributed by atoms with Crippen molar-refractivity contribution in [3.63, 3.8) is 0 Å². The van der Waals surface area contributed by atoms with E-state index in [-0.39, 0.29) is 24.3 Å². The average molecular weight is 675 g/mol. The molecule has 0 radical (unpaired) electrons. The van der Waals surface area contributed by atoms with Crippen LogP contribution in [-0.2, 0) is 19.1 Å². The van der Waals surface area contributed by atoms with E-state index in [2.05, 4.69) is 19.2 Å². The number of ether oxygens (including phenoxy) is 2. The molecule has 46 heavy (non-hydrogen) atoms. The zero-order chi connectivity index (χ0) is 32.7. The lowest BCUT2D eigenvalue weighted by molar-refractivity contribution is -0.143. The summed E-state index contributed by atoms with van der Waals surface area (Å²) in [5.74, 6) is -0.192. The van der Waals surface area contributed by atoms with Crippen molar-refractivity contribution in [3.05, 3.63) is 0 Å². The van der Waals surface area contributed by atoms with Crippen LogP contribution in [-0.4, -0.2) is 38.2 Å². The molecule has 0 spiro atoms. The van der Waals surface area contributed by atoms with Crippen LogP contribution in [0.3, 0.4) is 0 Å². The van der Waals surface area contributed by atoms with E-state index in [1.807, 2.05) is 0 Å². The molecule has 0 heterocycles. The van der Waals surface area contributed by atoms with Crippen molar-refractivity contribution >= 4 is 24.3 Å². The Labute approximate surface area is 293 Å². The summed E-state index contributed by atoms with van der Waals surface area (Å²) in [7, 11) is 0. The number of carbonyl (C=O) groups is 2. The Morgan fingerprint density at radius 2 is 0.587 bits per heavy atom. The molecule has 0 aliphatic rings. The van der Waals surface area contributed by atoms with Crippen molar-refractivity contribution in [1.82, 2.24) is 5.32 Å². The SMILES string of the molecule is CCCCCCCCCCCCCCCCCC(=O)OCCNCCOC(=O)CCCCCCCCCCCCCCCCC.Cl. The molecule has 1 N–H and O–H groups in total. The van der Waals surface area contributed by atoms with E-state index in [1.54, 1.807) is 0 Å². The highest BCUT2D eigenvalue weighted by Crippen LogP contribution is 2.15. The number of hydrogen-bond donors (Lipinski definition) is 1. The van der Waals surface area contributed by atoms with Crippen LogP contribution < -0.4 is 5.32 Å². The zero-order valence-corrected chi connectivity index (χ0v) is 31.8. The fourth-order valence-corrected chi connectivity index (χ4v) is 6.02. The summed E-state index contributed by atoms with van der Waals surface area (Å²) in [6.45, 7) is 6.51. The molecule has 0 aliphatic carbocycles. The van der Waals surface area contributed by atoms with Gasteiger partial charge in [-0.25, -0.2) is 0 Å². The predicted molar refractivity (Wildman–Crippen MR) is 201 cm³/mol. The third kappa shape index (κ3) is 41.2. The van der Waals surface area contributed by atoms with Crippen LogP contribution in [0.1, 0.15) is 219 Å². The summed E-state index contributed by atoms with van der Waals surface area (Å²) in [5, 5.41) is 3.19. The van der Waals surface area contributed by atoms with Crippen molar-refractivity contribution in [3.8, 4) is 0 Å². The summed E-state index contributed by atoms with van der Waals surface area (Å²) in [4.78, 5) is 23.8. The van der Waals surface area contributed by atoms with Crippen molar-refractivity contribution in [2.24, 2.45) is 0 Å². The van der Waals surface area contributed by atoms with Crippen LogP contribution in [0, 0.1) is 0 Å². The smallest absolute Gasteiger partial charge is 0.305 e. The second kappa shape index (κ2) is 42.2. The van der Waals surface area contributed by atoms with E-state index in [9.17, 15) is 9.59 Å². The molecule has 0 aliphatic heterocycles. The Kier molecular flexibility index (Phi) is 43.4. The van der Waals surface area contributed by atoms with Crippen LogP contribution in [0.15, 0.2) is 0 Å². The van der Waals surface area contributed by atoms with E-state index in [1.165, 1.54) is 167 Å². The number of carbonyl (C=O) groups excluding carboxylic acids is 2. The number of halogens is 1. The number of hydrogen-bond acceptors (Lipinski definition) is 5. The fourth-order valence-electron chi connectivity index (χ4n) is 6.02. The van der Waals surface area contributed by atoms with Gasteiger partial charge in [-0.2, -0.15) is 0 Å². The van der Waals surface area contributed by atoms with Crippen molar-refractivity contribution in [1.29, 1.82) is 0 Å². The zero-order valence-electron chi connectivity index (χ0n) is 31.0. The molecule has 0 aromatic heterocycles. The molecule has 0 unspecified atom stereocenters. The van der Waals surface area contributed by atoms with E-state index < -0.39 is 0 Å². The van der Waals surface area contributed by atoms with Gasteiger partial charge in [0.1, 0.15) is 13.2 Å². The summed E-state index contributed by atoms with van der Waals surface area (Å²) >= 11 is 0. The van der Waals surface area contributed by atoms with Gasteiger partial charge in [0.2, 0.25) is 0 Å². The lowest BCUT2D eigenvalue weighted by Crippen LogP contribution is -2.26. The largest absolute Gasteiger partial charge is 0.464 e. The quantitative estimate of drug-likeness (QED) is 0.0522. The van der Waals surface area contributed by atoms with Gasteiger partial charge in [0, 0.05) is 25.9 Å². The number of nitrogens with one attached hydrogen (secondary N) is 1.